The molecule has 4 rings (SSSR count). The predicted octanol–water partition coefficient (Wildman–Crippen LogP) is 3.15. The van der Waals surface area contributed by atoms with Crippen LogP contribution in [0.5, 0.6) is 11.5 Å². The van der Waals surface area contributed by atoms with Gasteiger partial charge in [-0.3, -0.25) is 14.2 Å². The third-order valence-electron chi connectivity index (χ3n) is 4.37. The number of nitrogens with one attached hydrogen (secondary N) is 2. The van der Waals surface area contributed by atoms with Gasteiger partial charge in [0, 0.05) is 24.0 Å². The molecular formula is C20H22N4O4S. The van der Waals surface area contributed by atoms with Crippen molar-refractivity contribution in [2.24, 2.45) is 5.92 Å². The van der Waals surface area contributed by atoms with Crippen LogP contribution in [0.15, 0.2) is 34.2 Å². The number of carbonyl (C=O) groups excluding carboxylic acids is 1. The monoisotopic (exact) mass is 414 g/mol. The third-order valence-corrected chi connectivity index (χ3v) is 5.35. The molecule has 0 spiro atoms. The molecule has 3 aromatic rings. The SMILES string of the molecule is Cc1cc2nc(SCC(=O)Nc3ccc4c(c3)OCO4)n(CC(C)C)c(=O)c2[nH]1. The minimum atomic E-state index is -0.190. The summed E-state index contributed by atoms with van der Waals surface area (Å²) in [6.45, 7) is 6.68. The van der Waals surface area contributed by atoms with E-state index in [1.807, 2.05) is 26.8 Å². The highest BCUT2D eigenvalue weighted by atomic mass is 32.2. The Hall–Kier alpha value is -2.94. The summed E-state index contributed by atoms with van der Waals surface area (Å²) in [5.74, 6) is 1.48. The van der Waals surface area contributed by atoms with Gasteiger partial charge in [0.15, 0.2) is 16.7 Å². The van der Waals surface area contributed by atoms with E-state index in [0.717, 1.165) is 5.69 Å². The van der Waals surface area contributed by atoms with Crippen LogP contribution in [0.3, 0.4) is 0 Å². The number of H-pyrrole nitrogens is 1. The van der Waals surface area contributed by atoms with Crippen LogP contribution in [0.2, 0.25) is 0 Å². The van der Waals surface area contributed by atoms with E-state index >= 15 is 0 Å². The Morgan fingerprint density at radius 1 is 1.31 bits per heavy atom. The number of hydrogen-bond donors (Lipinski definition) is 2. The molecule has 0 saturated heterocycles. The van der Waals surface area contributed by atoms with Crippen molar-refractivity contribution in [3.05, 3.63) is 40.3 Å². The summed E-state index contributed by atoms with van der Waals surface area (Å²) in [5.41, 5.74) is 2.51. The molecule has 0 aliphatic carbocycles. The number of rotatable bonds is 6. The summed E-state index contributed by atoms with van der Waals surface area (Å²) in [4.78, 5) is 33.0. The number of aromatic amines is 1. The number of ether oxygens (including phenoxy) is 2. The first kappa shape index (κ1) is 19.4. The number of aryl methyl sites for hydroxylation is 1. The molecule has 0 unspecified atom stereocenters. The van der Waals surface area contributed by atoms with Gasteiger partial charge in [0.05, 0.1) is 11.3 Å². The molecule has 0 radical (unpaired) electrons. The lowest BCUT2D eigenvalue weighted by atomic mass is 10.2. The molecule has 1 aliphatic heterocycles. The van der Waals surface area contributed by atoms with Crippen molar-refractivity contribution < 1.29 is 14.3 Å². The predicted molar refractivity (Wildman–Crippen MR) is 112 cm³/mol. The topological polar surface area (TPSA) is 98.2 Å². The highest BCUT2D eigenvalue weighted by Crippen LogP contribution is 2.34. The van der Waals surface area contributed by atoms with Gasteiger partial charge in [-0.15, -0.1) is 0 Å². The zero-order valence-electron chi connectivity index (χ0n) is 16.4. The minimum absolute atomic E-state index is 0.115. The van der Waals surface area contributed by atoms with E-state index in [1.54, 1.807) is 22.8 Å². The summed E-state index contributed by atoms with van der Waals surface area (Å²) in [6, 6.07) is 7.09. The van der Waals surface area contributed by atoms with E-state index < -0.39 is 0 Å². The van der Waals surface area contributed by atoms with Crippen LogP contribution in [0.4, 0.5) is 5.69 Å². The molecule has 1 aliphatic rings. The first-order chi connectivity index (χ1) is 13.9. The van der Waals surface area contributed by atoms with Gasteiger partial charge in [-0.05, 0) is 31.0 Å². The second kappa shape index (κ2) is 7.82. The van der Waals surface area contributed by atoms with Gasteiger partial charge < -0.3 is 19.8 Å². The van der Waals surface area contributed by atoms with Gasteiger partial charge in [0.25, 0.3) is 5.56 Å². The number of thioether (sulfide) groups is 1. The van der Waals surface area contributed by atoms with Crippen LogP contribution >= 0.6 is 11.8 Å². The maximum Gasteiger partial charge on any atom is 0.278 e. The number of benzene rings is 1. The summed E-state index contributed by atoms with van der Waals surface area (Å²) in [5, 5.41) is 3.38. The van der Waals surface area contributed by atoms with Crippen molar-refractivity contribution in [2.45, 2.75) is 32.5 Å². The minimum Gasteiger partial charge on any atom is -0.454 e. The molecule has 152 valence electrons. The molecule has 3 heterocycles. The first-order valence-corrected chi connectivity index (χ1v) is 10.3. The Balaban J connectivity index is 1.52. The van der Waals surface area contributed by atoms with Crippen molar-refractivity contribution in [1.29, 1.82) is 0 Å². The molecule has 0 saturated carbocycles. The maximum atomic E-state index is 12.9. The Kier molecular flexibility index (Phi) is 5.23. The number of anilines is 1. The van der Waals surface area contributed by atoms with Crippen LogP contribution in [-0.4, -0.2) is 33.0 Å². The maximum absolute atomic E-state index is 12.9. The Labute approximate surface area is 171 Å². The van der Waals surface area contributed by atoms with E-state index in [-0.39, 0.29) is 29.9 Å². The lowest BCUT2D eigenvalue weighted by molar-refractivity contribution is -0.113. The second-order valence-electron chi connectivity index (χ2n) is 7.32. The van der Waals surface area contributed by atoms with Crippen LogP contribution < -0.4 is 20.3 Å². The zero-order valence-corrected chi connectivity index (χ0v) is 17.3. The summed E-state index contributed by atoms with van der Waals surface area (Å²) >= 11 is 1.25. The molecule has 2 N–H and O–H groups in total. The summed E-state index contributed by atoms with van der Waals surface area (Å²) < 4.78 is 12.2. The van der Waals surface area contributed by atoms with E-state index in [2.05, 4.69) is 15.3 Å². The second-order valence-corrected chi connectivity index (χ2v) is 8.26. The molecule has 8 nitrogen and oxygen atoms in total. The molecular weight excluding hydrogens is 392 g/mol. The molecule has 0 atom stereocenters. The number of aromatic nitrogens is 3. The van der Waals surface area contributed by atoms with Gasteiger partial charge >= 0.3 is 0 Å². The van der Waals surface area contributed by atoms with Gasteiger partial charge in [-0.25, -0.2) is 4.98 Å². The van der Waals surface area contributed by atoms with E-state index in [1.165, 1.54) is 11.8 Å². The standard InChI is InChI=1S/C20H22N4O4S/c1-11(2)8-24-19(26)18-14(6-12(3)21-18)23-20(24)29-9-17(25)22-13-4-5-15-16(7-13)28-10-27-15/h4-7,11,21H,8-10H2,1-3H3,(H,22,25). The van der Waals surface area contributed by atoms with Crippen LogP contribution in [0.25, 0.3) is 11.0 Å². The van der Waals surface area contributed by atoms with Crippen LogP contribution in [0, 0.1) is 12.8 Å². The average Bonchev–Trinajstić information content (AvgIpc) is 3.28. The van der Waals surface area contributed by atoms with Gasteiger partial charge in [0.2, 0.25) is 12.7 Å². The Morgan fingerprint density at radius 2 is 2.10 bits per heavy atom. The fourth-order valence-corrected chi connectivity index (χ4v) is 3.96. The zero-order chi connectivity index (χ0) is 20.5. The number of amides is 1. The van der Waals surface area contributed by atoms with Crippen LogP contribution in [0.1, 0.15) is 19.5 Å². The quantitative estimate of drug-likeness (QED) is 0.475. The summed E-state index contributed by atoms with van der Waals surface area (Å²) in [6.07, 6.45) is 0. The number of hydrogen-bond acceptors (Lipinski definition) is 6. The normalized spacial score (nSPS) is 12.7. The Morgan fingerprint density at radius 3 is 2.90 bits per heavy atom. The fraction of sp³-hybridized carbons (Fsp3) is 0.350. The van der Waals surface area contributed by atoms with E-state index in [4.69, 9.17) is 9.47 Å². The molecule has 0 fully saturated rings. The fourth-order valence-electron chi connectivity index (χ4n) is 3.15. The van der Waals surface area contributed by atoms with Gasteiger partial charge in [-0.2, -0.15) is 0 Å². The number of nitrogens with zero attached hydrogens (tertiary/aromatic N) is 2. The lowest BCUT2D eigenvalue weighted by Gasteiger charge is -2.14. The molecule has 0 bridgehead atoms. The highest BCUT2D eigenvalue weighted by molar-refractivity contribution is 7.99. The van der Waals surface area contributed by atoms with Crippen molar-refractivity contribution in [3.8, 4) is 11.5 Å². The van der Waals surface area contributed by atoms with Crippen molar-refractivity contribution >= 4 is 34.4 Å². The van der Waals surface area contributed by atoms with Gasteiger partial charge in [0.1, 0.15) is 5.52 Å². The number of fused-ring (bicyclic) bond motifs is 2. The molecule has 29 heavy (non-hydrogen) atoms. The summed E-state index contributed by atoms with van der Waals surface area (Å²) in [7, 11) is 0. The van der Waals surface area contributed by atoms with Crippen molar-refractivity contribution in [1.82, 2.24) is 14.5 Å². The first-order valence-electron chi connectivity index (χ1n) is 9.33. The van der Waals surface area contributed by atoms with Crippen molar-refractivity contribution in [2.75, 3.05) is 17.9 Å². The lowest BCUT2D eigenvalue weighted by Crippen LogP contribution is -2.26. The molecule has 1 aromatic carbocycles. The largest absolute Gasteiger partial charge is 0.454 e. The molecule has 9 heteroatoms. The number of carbonyl (C=O) groups is 1. The Bertz CT molecular complexity index is 1140. The highest BCUT2D eigenvalue weighted by Gasteiger charge is 2.17. The molecule has 2 aromatic heterocycles. The average molecular weight is 414 g/mol. The van der Waals surface area contributed by atoms with E-state index in [9.17, 15) is 9.59 Å². The van der Waals surface area contributed by atoms with Crippen LogP contribution in [-0.2, 0) is 11.3 Å². The van der Waals surface area contributed by atoms with E-state index in [0.29, 0.717) is 39.9 Å². The molecule has 1 amide bonds. The van der Waals surface area contributed by atoms with Crippen molar-refractivity contribution in [3.63, 3.8) is 0 Å². The third kappa shape index (κ3) is 4.09. The smallest absolute Gasteiger partial charge is 0.278 e. The van der Waals surface area contributed by atoms with Gasteiger partial charge in [-0.1, -0.05) is 25.6 Å².